The van der Waals surface area contributed by atoms with E-state index in [4.69, 9.17) is 23.2 Å². The minimum absolute atomic E-state index is 0.00338. The molecule has 0 bridgehead atoms. The van der Waals surface area contributed by atoms with Gasteiger partial charge in [0, 0.05) is 33.9 Å². The fourth-order valence-electron chi connectivity index (χ4n) is 2.82. The molecule has 0 aliphatic heterocycles. The van der Waals surface area contributed by atoms with Gasteiger partial charge < -0.3 is 10.2 Å². The smallest absolute Gasteiger partial charge is 0.242 e. The standard InChI is InChI=1S/C23H27Cl2FN2O2S/c1-4-15(2)27-23(30)16(3)28(12-19-20(24)6-5-7-21(19)25)22(29)14-31-13-17-8-10-18(26)11-9-17/h5-11,15-16H,4,12-14H2,1-3H3,(H,27,30)/t15-,16-/m0/s1. The molecule has 31 heavy (non-hydrogen) atoms. The molecular weight excluding hydrogens is 458 g/mol. The summed E-state index contributed by atoms with van der Waals surface area (Å²) < 4.78 is 13.1. The molecule has 8 heteroatoms. The average Bonchev–Trinajstić information content (AvgIpc) is 2.74. The number of nitrogens with zero attached hydrogens (tertiary/aromatic N) is 1. The van der Waals surface area contributed by atoms with Gasteiger partial charge in [0.05, 0.1) is 5.75 Å². The minimum atomic E-state index is -0.694. The number of carbonyl (C=O) groups excluding carboxylic acids is 2. The zero-order chi connectivity index (χ0) is 23.0. The normalized spacial score (nSPS) is 12.8. The second-order valence-electron chi connectivity index (χ2n) is 7.33. The maximum absolute atomic E-state index is 13.1. The monoisotopic (exact) mass is 484 g/mol. The summed E-state index contributed by atoms with van der Waals surface area (Å²) in [6, 6.07) is 10.6. The Hall–Kier alpha value is -1.76. The van der Waals surface area contributed by atoms with Crippen LogP contribution in [0.25, 0.3) is 0 Å². The van der Waals surface area contributed by atoms with E-state index in [0.29, 0.717) is 21.4 Å². The third kappa shape index (κ3) is 7.70. The highest BCUT2D eigenvalue weighted by molar-refractivity contribution is 7.99. The maximum Gasteiger partial charge on any atom is 0.242 e. The third-order valence-corrected chi connectivity index (χ3v) is 6.66. The van der Waals surface area contributed by atoms with Gasteiger partial charge in [-0.25, -0.2) is 4.39 Å². The molecule has 0 fully saturated rings. The van der Waals surface area contributed by atoms with Crippen LogP contribution in [-0.2, 0) is 21.9 Å². The first-order valence-corrected chi connectivity index (χ1v) is 12.0. The SMILES string of the molecule is CC[C@H](C)NC(=O)[C@H](C)N(Cc1c(Cl)cccc1Cl)C(=O)CSCc1ccc(F)cc1. The van der Waals surface area contributed by atoms with Crippen LogP contribution in [0.15, 0.2) is 42.5 Å². The number of halogens is 3. The van der Waals surface area contributed by atoms with Crippen LogP contribution in [0.2, 0.25) is 10.0 Å². The summed E-state index contributed by atoms with van der Waals surface area (Å²) in [4.78, 5) is 27.3. The molecule has 0 aromatic heterocycles. The van der Waals surface area contributed by atoms with Crippen molar-refractivity contribution >= 4 is 46.8 Å². The number of thioether (sulfide) groups is 1. The van der Waals surface area contributed by atoms with Crippen molar-refractivity contribution in [2.24, 2.45) is 0 Å². The Morgan fingerprint density at radius 3 is 2.29 bits per heavy atom. The van der Waals surface area contributed by atoms with Crippen molar-refractivity contribution in [3.05, 3.63) is 69.5 Å². The first kappa shape index (κ1) is 25.5. The minimum Gasteiger partial charge on any atom is -0.352 e. The van der Waals surface area contributed by atoms with Crippen molar-refractivity contribution in [3.8, 4) is 0 Å². The summed E-state index contributed by atoms with van der Waals surface area (Å²) in [5.74, 6) is -0.00123. The molecule has 2 rings (SSSR count). The van der Waals surface area contributed by atoms with Gasteiger partial charge in [-0.1, -0.05) is 48.3 Å². The zero-order valence-electron chi connectivity index (χ0n) is 17.8. The van der Waals surface area contributed by atoms with Crippen LogP contribution < -0.4 is 5.32 Å². The number of carbonyl (C=O) groups is 2. The topological polar surface area (TPSA) is 49.4 Å². The fraction of sp³-hybridized carbons (Fsp3) is 0.391. The van der Waals surface area contributed by atoms with Crippen molar-refractivity contribution in [3.63, 3.8) is 0 Å². The Morgan fingerprint density at radius 1 is 1.10 bits per heavy atom. The van der Waals surface area contributed by atoms with E-state index in [1.807, 2.05) is 13.8 Å². The van der Waals surface area contributed by atoms with Crippen LogP contribution >= 0.6 is 35.0 Å². The summed E-state index contributed by atoms with van der Waals surface area (Å²) in [7, 11) is 0. The molecule has 0 heterocycles. The Balaban J connectivity index is 2.14. The van der Waals surface area contributed by atoms with Crippen LogP contribution in [-0.4, -0.2) is 34.6 Å². The maximum atomic E-state index is 13.1. The summed E-state index contributed by atoms with van der Waals surface area (Å²) in [5, 5.41) is 3.81. The van der Waals surface area contributed by atoms with Gasteiger partial charge in [0.1, 0.15) is 11.9 Å². The van der Waals surface area contributed by atoms with Gasteiger partial charge in [-0.2, -0.15) is 0 Å². The highest BCUT2D eigenvalue weighted by Crippen LogP contribution is 2.27. The second-order valence-corrected chi connectivity index (χ2v) is 9.13. The van der Waals surface area contributed by atoms with Crippen molar-refractivity contribution in [1.29, 1.82) is 0 Å². The van der Waals surface area contributed by atoms with Crippen molar-refractivity contribution in [2.75, 3.05) is 5.75 Å². The molecule has 2 atom stereocenters. The molecule has 2 aromatic rings. The lowest BCUT2D eigenvalue weighted by Gasteiger charge is -2.30. The Labute approximate surface area is 197 Å². The largest absolute Gasteiger partial charge is 0.352 e. The van der Waals surface area contributed by atoms with E-state index in [0.717, 1.165) is 12.0 Å². The van der Waals surface area contributed by atoms with Crippen molar-refractivity contribution in [1.82, 2.24) is 10.2 Å². The molecule has 1 N–H and O–H groups in total. The number of hydrogen-bond acceptors (Lipinski definition) is 3. The van der Waals surface area contributed by atoms with Crippen molar-refractivity contribution < 1.29 is 14.0 Å². The summed E-state index contributed by atoms with van der Waals surface area (Å²) in [5.41, 5.74) is 1.52. The molecule has 4 nitrogen and oxygen atoms in total. The first-order chi connectivity index (χ1) is 14.7. The highest BCUT2D eigenvalue weighted by atomic mass is 35.5. The third-order valence-electron chi connectivity index (χ3n) is 4.97. The highest BCUT2D eigenvalue weighted by Gasteiger charge is 2.27. The van der Waals surface area contributed by atoms with Gasteiger partial charge in [0.2, 0.25) is 11.8 Å². The van der Waals surface area contributed by atoms with Crippen LogP contribution in [0.1, 0.15) is 38.3 Å². The Morgan fingerprint density at radius 2 is 1.71 bits per heavy atom. The molecule has 0 aliphatic rings. The molecular formula is C23H27Cl2FN2O2S. The van der Waals surface area contributed by atoms with Crippen LogP contribution in [0.5, 0.6) is 0 Å². The number of amides is 2. The second kappa shape index (κ2) is 12.3. The Bertz CT molecular complexity index is 875. The molecule has 0 unspecified atom stereocenters. The fourth-order valence-corrected chi connectivity index (χ4v) is 4.21. The molecule has 168 valence electrons. The van der Waals surface area contributed by atoms with E-state index >= 15 is 0 Å². The lowest BCUT2D eigenvalue weighted by Crippen LogP contribution is -2.50. The van der Waals surface area contributed by atoms with Gasteiger partial charge in [-0.05, 0) is 50.1 Å². The van der Waals surface area contributed by atoms with E-state index in [1.165, 1.54) is 28.8 Å². The lowest BCUT2D eigenvalue weighted by atomic mass is 10.1. The predicted octanol–water partition coefficient (Wildman–Crippen LogP) is 5.70. The zero-order valence-corrected chi connectivity index (χ0v) is 20.2. The van der Waals surface area contributed by atoms with Crippen LogP contribution in [0.4, 0.5) is 4.39 Å². The van der Waals surface area contributed by atoms with Gasteiger partial charge in [0.15, 0.2) is 0 Å². The number of hydrogen-bond donors (Lipinski definition) is 1. The number of nitrogens with one attached hydrogen (secondary N) is 1. The predicted molar refractivity (Wildman–Crippen MR) is 127 cm³/mol. The summed E-state index contributed by atoms with van der Waals surface area (Å²) in [6.45, 7) is 5.73. The molecule has 0 saturated heterocycles. The molecule has 0 aliphatic carbocycles. The van der Waals surface area contributed by atoms with Gasteiger partial charge in [-0.15, -0.1) is 11.8 Å². The van der Waals surface area contributed by atoms with Crippen LogP contribution in [0, 0.1) is 5.82 Å². The van der Waals surface area contributed by atoms with Crippen LogP contribution in [0.3, 0.4) is 0 Å². The van der Waals surface area contributed by atoms with E-state index in [9.17, 15) is 14.0 Å². The summed E-state index contributed by atoms with van der Waals surface area (Å²) >= 11 is 14.0. The first-order valence-electron chi connectivity index (χ1n) is 10.1. The number of rotatable bonds is 10. The van der Waals surface area contributed by atoms with Gasteiger partial charge in [0.25, 0.3) is 0 Å². The lowest BCUT2D eigenvalue weighted by molar-refractivity contribution is -0.138. The van der Waals surface area contributed by atoms with E-state index < -0.39 is 6.04 Å². The molecule has 0 saturated carbocycles. The van der Waals surface area contributed by atoms with Gasteiger partial charge >= 0.3 is 0 Å². The summed E-state index contributed by atoms with van der Waals surface area (Å²) in [6.07, 6.45) is 0.788. The van der Waals surface area contributed by atoms with E-state index in [1.54, 1.807) is 37.3 Å². The van der Waals surface area contributed by atoms with Crippen molar-refractivity contribution in [2.45, 2.75) is 51.6 Å². The quantitative estimate of drug-likeness (QED) is 0.470. The van der Waals surface area contributed by atoms with E-state index in [-0.39, 0.29) is 36.0 Å². The molecule has 2 aromatic carbocycles. The molecule has 0 radical (unpaired) electrons. The average molecular weight is 485 g/mol. The Kier molecular flexibility index (Phi) is 10.1. The molecule has 2 amide bonds. The van der Waals surface area contributed by atoms with Gasteiger partial charge in [-0.3, -0.25) is 9.59 Å². The van der Waals surface area contributed by atoms with E-state index in [2.05, 4.69) is 5.32 Å². The number of benzene rings is 2. The molecule has 0 spiro atoms.